The molecule has 0 aliphatic rings. The average molecular weight is 286 g/mol. The van der Waals surface area contributed by atoms with Crippen molar-refractivity contribution in [1.82, 2.24) is 4.90 Å². The molecule has 2 amide bonds. The lowest BCUT2D eigenvalue weighted by Crippen LogP contribution is -2.21. The fourth-order valence-electron chi connectivity index (χ4n) is 1.87. The van der Waals surface area contributed by atoms with E-state index in [0.29, 0.717) is 24.1 Å². The fraction of sp³-hybridized carbons (Fsp3) is 0.250. The van der Waals surface area contributed by atoms with E-state index in [1.807, 2.05) is 6.07 Å². The lowest BCUT2D eigenvalue weighted by molar-refractivity contribution is -0.116. The van der Waals surface area contributed by atoms with Gasteiger partial charge in [0.25, 0.3) is 5.91 Å². The summed E-state index contributed by atoms with van der Waals surface area (Å²) >= 11 is 0. The van der Waals surface area contributed by atoms with Gasteiger partial charge in [-0.15, -0.1) is 0 Å². The number of nitrogens with zero attached hydrogens (tertiary/aromatic N) is 1. The van der Waals surface area contributed by atoms with Gasteiger partial charge in [-0.05, 0) is 36.4 Å². The summed E-state index contributed by atoms with van der Waals surface area (Å²) in [4.78, 5) is 25.1. The van der Waals surface area contributed by atoms with Crippen LogP contribution in [0.2, 0.25) is 0 Å². The summed E-state index contributed by atoms with van der Waals surface area (Å²) in [5, 5.41) is 2.79. The van der Waals surface area contributed by atoms with Crippen LogP contribution in [-0.4, -0.2) is 30.8 Å². The highest BCUT2D eigenvalue weighted by Gasteiger charge is 2.08. The second-order valence-electron chi connectivity index (χ2n) is 4.90. The van der Waals surface area contributed by atoms with E-state index in [9.17, 15) is 9.59 Å². The van der Waals surface area contributed by atoms with Crippen LogP contribution in [-0.2, 0) is 11.2 Å². The van der Waals surface area contributed by atoms with Crippen LogP contribution in [0.3, 0.4) is 0 Å². The van der Waals surface area contributed by atoms with Crippen molar-refractivity contribution in [2.45, 2.75) is 12.8 Å². The molecule has 2 aromatic rings. The normalized spacial score (nSPS) is 10.2. The summed E-state index contributed by atoms with van der Waals surface area (Å²) in [6.45, 7) is 0. The number of carbonyl (C=O) groups excluding carboxylic acids is 2. The minimum absolute atomic E-state index is 0.0642. The molecule has 0 bridgehead atoms. The molecule has 5 heteroatoms. The Bertz CT molecular complexity index is 601. The maximum absolute atomic E-state index is 11.8. The van der Waals surface area contributed by atoms with Crippen molar-refractivity contribution in [2.24, 2.45) is 0 Å². The van der Waals surface area contributed by atoms with Gasteiger partial charge in [0.1, 0.15) is 5.76 Å². The van der Waals surface area contributed by atoms with E-state index in [1.54, 1.807) is 50.7 Å². The molecule has 0 unspecified atom stereocenters. The Morgan fingerprint density at radius 1 is 1.14 bits per heavy atom. The zero-order valence-corrected chi connectivity index (χ0v) is 12.1. The molecule has 0 saturated carbocycles. The van der Waals surface area contributed by atoms with E-state index in [0.717, 1.165) is 5.76 Å². The predicted molar refractivity (Wildman–Crippen MR) is 80.1 cm³/mol. The number of rotatable bonds is 5. The van der Waals surface area contributed by atoms with Gasteiger partial charge >= 0.3 is 0 Å². The standard InChI is InChI=1S/C16H18N2O3/c1-18(2)16(20)12-5-7-13(8-6-12)17-15(19)10-9-14-4-3-11-21-14/h3-8,11H,9-10H2,1-2H3,(H,17,19). The van der Waals surface area contributed by atoms with Crippen LogP contribution in [0.25, 0.3) is 0 Å². The summed E-state index contributed by atoms with van der Waals surface area (Å²) in [5.41, 5.74) is 1.27. The number of furan rings is 1. The third kappa shape index (κ3) is 4.21. The minimum atomic E-state index is -0.0851. The molecule has 1 aromatic carbocycles. The van der Waals surface area contributed by atoms with E-state index < -0.39 is 0 Å². The predicted octanol–water partition coefficient (Wildman–Crippen LogP) is 2.55. The van der Waals surface area contributed by atoms with Gasteiger partial charge in [-0.1, -0.05) is 0 Å². The lowest BCUT2D eigenvalue weighted by atomic mass is 10.2. The highest BCUT2D eigenvalue weighted by atomic mass is 16.3. The molecule has 0 aliphatic carbocycles. The molecule has 1 heterocycles. The van der Waals surface area contributed by atoms with Gasteiger partial charge in [-0.3, -0.25) is 9.59 Å². The molecular formula is C16H18N2O3. The Hall–Kier alpha value is -2.56. The van der Waals surface area contributed by atoms with E-state index in [-0.39, 0.29) is 11.8 Å². The third-order valence-corrected chi connectivity index (χ3v) is 3.00. The number of amides is 2. The molecular weight excluding hydrogens is 268 g/mol. The van der Waals surface area contributed by atoms with Crippen LogP contribution in [0, 0.1) is 0 Å². The highest BCUT2D eigenvalue weighted by Crippen LogP contribution is 2.12. The molecule has 5 nitrogen and oxygen atoms in total. The zero-order valence-electron chi connectivity index (χ0n) is 12.1. The van der Waals surface area contributed by atoms with E-state index in [4.69, 9.17) is 4.42 Å². The van der Waals surface area contributed by atoms with Gasteiger partial charge in [0.15, 0.2) is 0 Å². The summed E-state index contributed by atoms with van der Waals surface area (Å²) in [6, 6.07) is 10.5. The van der Waals surface area contributed by atoms with Crippen LogP contribution in [0.1, 0.15) is 22.5 Å². The zero-order chi connectivity index (χ0) is 15.2. The molecule has 0 saturated heterocycles. The van der Waals surface area contributed by atoms with Gasteiger partial charge in [0, 0.05) is 38.2 Å². The average Bonchev–Trinajstić information content (AvgIpc) is 2.98. The van der Waals surface area contributed by atoms with Crippen molar-refractivity contribution in [1.29, 1.82) is 0 Å². The van der Waals surface area contributed by atoms with Crippen LogP contribution in [0.15, 0.2) is 47.1 Å². The van der Waals surface area contributed by atoms with Crippen molar-refractivity contribution in [3.63, 3.8) is 0 Å². The number of nitrogens with one attached hydrogen (secondary N) is 1. The van der Waals surface area contributed by atoms with Crippen molar-refractivity contribution in [3.05, 3.63) is 54.0 Å². The summed E-state index contributed by atoms with van der Waals surface area (Å²) in [5.74, 6) is 0.640. The van der Waals surface area contributed by atoms with Crippen LogP contribution in [0.4, 0.5) is 5.69 Å². The van der Waals surface area contributed by atoms with E-state index >= 15 is 0 Å². The first-order valence-corrected chi connectivity index (χ1v) is 6.70. The summed E-state index contributed by atoms with van der Waals surface area (Å²) in [7, 11) is 3.40. The third-order valence-electron chi connectivity index (χ3n) is 3.00. The fourth-order valence-corrected chi connectivity index (χ4v) is 1.87. The lowest BCUT2D eigenvalue weighted by Gasteiger charge is -2.11. The molecule has 1 aromatic heterocycles. The Kier molecular flexibility index (Phi) is 4.77. The topological polar surface area (TPSA) is 62.6 Å². The van der Waals surface area contributed by atoms with E-state index in [1.165, 1.54) is 4.90 Å². The maximum atomic E-state index is 11.8. The van der Waals surface area contributed by atoms with Crippen molar-refractivity contribution in [2.75, 3.05) is 19.4 Å². The van der Waals surface area contributed by atoms with Gasteiger partial charge < -0.3 is 14.6 Å². The molecule has 110 valence electrons. The van der Waals surface area contributed by atoms with Crippen LogP contribution in [0.5, 0.6) is 0 Å². The molecule has 0 spiro atoms. The van der Waals surface area contributed by atoms with Crippen LogP contribution >= 0.6 is 0 Å². The van der Waals surface area contributed by atoms with Gasteiger partial charge in [-0.25, -0.2) is 0 Å². The molecule has 1 N–H and O–H groups in total. The van der Waals surface area contributed by atoms with Crippen molar-refractivity contribution < 1.29 is 14.0 Å². The Morgan fingerprint density at radius 3 is 2.43 bits per heavy atom. The number of hydrogen-bond acceptors (Lipinski definition) is 3. The van der Waals surface area contributed by atoms with Gasteiger partial charge in [0.05, 0.1) is 6.26 Å². The van der Waals surface area contributed by atoms with Crippen molar-refractivity contribution in [3.8, 4) is 0 Å². The first kappa shape index (κ1) is 14.8. The summed E-state index contributed by atoms with van der Waals surface area (Å²) in [6.07, 6.45) is 2.51. The minimum Gasteiger partial charge on any atom is -0.469 e. The SMILES string of the molecule is CN(C)C(=O)c1ccc(NC(=O)CCc2ccco2)cc1. The second-order valence-corrected chi connectivity index (χ2v) is 4.90. The molecule has 21 heavy (non-hydrogen) atoms. The largest absolute Gasteiger partial charge is 0.469 e. The maximum Gasteiger partial charge on any atom is 0.253 e. The van der Waals surface area contributed by atoms with Gasteiger partial charge in [-0.2, -0.15) is 0 Å². The molecule has 0 aliphatic heterocycles. The molecule has 0 radical (unpaired) electrons. The summed E-state index contributed by atoms with van der Waals surface area (Å²) < 4.78 is 5.18. The van der Waals surface area contributed by atoms with E-state index in [2.05, 4.69) is 5.32 Å². The monoisotopic (exact) mass is 286 g/mol. The molecule has 0 atom stereocenters. The number of hydrogen-bond donors (Lipinski definition) is 1. The molecule has 2 rings (SSSR count). The Morgan fingerprint density at radius 2 is 1.86 bits per heavy atom. The highest BCUT2D eigenvalue weighted by molar-refractivity contribution is 5.95. The van der Waals surface area contributed by atoms with Crippen molar-refractivity contribution >= 4 is 17.5 Å². The van der Waals surface area contributed by atoms with Gasteiger partial charge in [0.2, 0.25) is 5.91 Å². The quantitative estimate of drug-likeness (QED) is 0.918. The molecule has 0 fully saturated rings. The Balaban J connectivity index is 1.88. The number of carbonyl (C=O) groups is 2. The number of anilines is 1. The first-order chi connectivity index (χ1) is 10.1. The Labute approximate surface area is 123 Å². The smallest absolute Gasteiger partial charge is 0.253 e. The first-order valence-electron chi connectivity index (χ1n) is 6.70. The number of aryl methyl sites for hydroxylation is 1. The second kappa shape index (κ2) is 6.74. The van der Waals surface area contributed by atoms with Crippen LogP contribution < -0.4 is 5.32 Å². The number of benzene rings is 1.